The molecule has 0 N–H and O–H groups in total. The normalized spacial score (nSPS) is 15.7. The highest BCUT2D eigenvalue weighted by Crippen LogP contribution is 2.20. The van der Waals surface area contributed by atoms with Crippen LogP contribution >= 0.6 is 0 Å². The van der Waals surface area contributed by atoms with Gasteiger partial charge in [-0.25, -0.2) is 8.42 Å². The standard InChI is InChI=1S/C19H29NO6S/c1-24-12-13-26-15-16-7-10-20(11-8-16)19(21)9-14-27(22,23)18-5-3-17(25-2)4-6-18/h3-6,16H,7-15H2,1-2H3. The van der Waals surface area contributed by atoms with Gasteiger partial charge in [0.15, 0.2) is 9.84 Å². The van der Waals surface area contributed by atoms with Crippen molar-refractivity contribution in [2.24, 2.45) is 5.92 Å². The number of methoxy groups -OCH3 is 2. The highest BCUT2D eigenvalue weighted by Gasteiger charge is 2.24. The van der Waals surface area contributed by atoms with E-state index in [0.717, 1.165) is 12.8 Å². The van der Waals surface area contributed by atoms with Gasteiger partial charge in [-0.1, -0.05) is 0 Å². The third-order valence-electron chi connectivity index (χ3n) is 4.76. The van der Waals surface area contributed by atoms with E-state index in [1.165, 1.54) is 19.2 Å². The van der Waals surface area contributed by atoms with E-state index in [2.05, 4.69) is 0 Å². The molecular weight excluding hydrogens is 370 g/mol. The maximum absolute atomic E-state index is 12.4. The Balaban J connectivity index is 1.75. The summed E-state index contributed by atoms with van der Waals surface area (Å²) in [4.78, 5) is 14.3. The molecule has 1 fully saturated rings. The lowest BCUT2D eigenvalue weighted by atomic mass is 9.97. The minimum atomic E-state index is -3.48. The lowest BCUT2D eigenvalue weighted by molar-refractivity contribution is -0.132. The molecular formula is C19H29NO6S. The Morgan fingerprint density at radius 2 is 1.78 bits per heavy atom. The van der Waals surface area contributed by atoms with Gasteiger partial charge in [-0.05, 0) is 43.0 Å². The summed E-state index contributed by atoms with van der Waals surface area (Å²) in [5.74, 6) is 0.747. The zero-order valence-corrected chi connectivity index (χ0v) is 16.9. The van der Waals surface area contributed by atoms with Crippen LogP contribution in [0.3, 0.4) is 0 Å². The van der Waals surface area contributed by atoms with Crippen LogP contribution in [-0.4, -0.2) is 72.1 Å². The second kappa shape index (κ2) is 10.6. The van der Waals surface area contributed by atoms with E-state index in [4.69, 9.17) is 14.2 Å². The quantitative estimate of drug-likeness (QED) is 0.558. The second-order valence-corrected chi connectivity index (χ2v) is 8.75. The highest BCUT2D eigenvalue weighted by molar-refractivity contribution is 7.91. The first-order chi connectivity index (χ1) is 13.0. The lowest BCUT2D eigenvalue weighted by Crippen LogP contribution is -2.40. The van der Waals surface area contributed by atoms with E-state index in [0.29, 0.717) is 44.6 Å². The minimum absolute atomic E-state index is 0.00334. The van der Waals surface area contributed by atoms with Crippen LogP contribution in [0.25, 0.3) is 0 Å². The minimum Gasteiger partial charge on any atom is -0.497 e. The van der Waals surface area contributed by atoms with Crippen molar-refractivity contribution in [1.82, 2.24) is 4.90 Å². The molecule has 1 amide bonds. The smallest absolute Gasteiger partial charge is 0.223 e. The van der Waals surface area contributed by atoms with Crippen LogP contribution in [0.15, 0.2) is 29.2 Å². The summed E-state index contributed by atoms with van der Waals surface area (Å²) in [5.41, 5.74) is 0. The Labute approximate surface area is 161 Å². The van der Waals surface area contributed by atoms with Crippen LogP contribution < -0.4 is 4.74 Å². The molecule has 1 heterocycles. The summed E-state index contributed by atoms with van der Waals surface area (Å²) < 4.78 is 40.3. The Kier molecular flexibility index (Phi) is 8.53. The fraction of sp³-hybridized carbons (Fsp3) is 0.632. The molecule has 0 unspecified atom stereocenters. The number of rotatable bonds is 10. The summed E-state index contributed by atoms with van der Waals surface area (Å²) in [6, 6.07) is 6.23. The second-order valence-electron chi connectivity index (χ2n) is 6.64. The number of sulfone groups is 1. The molecule has 1 aliphatic rings. The van der Waals surface area contributed by atoms with Gasteiger partial charge >= 0.3 is 0 Å². The van der Waals surface area contributed by atoms with Crippen molar-refractivity contribution >= 4 is 15.7 Å². The number of ether oxygens (including phenoxy) is 3. The fourth-order valence-corrected chi connectivity index (χ4v) is 4.25. The van der Waals surface area contributed by atoms with Gasteiger partial charge in [0.05, 0.1) is 31.0 Å². The number of benzene rings is 1. The summed E-state index contributed by atoms with van der Waals surface area (Å²) >= 11 is 0. The molecule has 2 rings (SSSR count). The van der Waals surface area contributed by atoms with Gasteiger partial charge < -0.3 is 19.1 Å². The molecule has 1 aliphatic heterocycles. The average molecular weight is 400 g/mol. The van der Waals surface area contributed by atoms with Crippen molar-refractivity contribution in [3.8, 4) is 5.75 Å². The largest absolute Gasteiger partial charge is 0.497 e. The van der Waals surface area contributed by atoms with E-state index in [9.17, 15) is 13.2 Å². The average Bonchev–Trinajstić information content (AvgIpc) is 2.70. The van der Waals surface area contributed by atoms with Gasteiger partial charge in [0.1, 0.15) is 5.75 Å². The topological polar surface area (TPSA) is 82.1 Å². The summed E-state index contributed by atoms with van der Waals surface area (Å²) in [6.07, 6.45) is 1.76. The zero-order valence-electron chi connectivity index (χ0n) is 16.1. The van der Waals surface area contributed by atoms with Crippen LogP contribution in [0, 0.1) is 5.92 Å². The third kappa shape index (κ3) is 6.79. The number of piperidine rings is 1. The van der Waals surface area contributed by atoms with Gasteiger partial charge in [-0.2, -0.15) is 0 Å². The molecule has 0 saturated carbocycles. The van der Waals surface area contributed by atoms with Gasteiger partial charge in [-0.15, -0.1) is 0 Å². The first-order valence-electron chi connectivity index (χ1n) is 9.17. The van der Waals surface area contributed by atoms with Crippen LogP contribution in [0.5, 0.6) is 5.75 Å². The predicted octanol–water partition coefficient (Wildman–Crippen LogP) is 1.76. The van der Waals surface area contributed by atoms with Crippen molar-refractivity contribution < 1.29 is 27.4 Å². The molecule has 0 radical (unpaired) electrons. The molecule has 8 heteroatoms. The van der Waals surface area contributed by atoms with Gasteiger partial charge in [0.25, 0.3) is 0 Å². The van der Waals surface area contributed by atoms with Crippen molar-refractivity contribution in [2.75, 3.05) is 52.9 Å². The first-order valence-corrected chi connectivity index (χ1v) is 10.8. The first kappa shape index (κ1) is 21.7. The van der Waals surface area contributed by atoms with E-state index in [1.807, 2.05) is 0 Å². The predicted molar refractivity (Wildman–Crippen MR) is 102 cm³/mol. The molecule has 7 nitrogen and oxygen atoms in total. The lowest BCUT2D eigenvalue weighted by Gasteiger charge is -2.32. The molecule has 0 bridgehead atoms. The molecule has 0 aromatic heterocycles. The summed E-state index contributed by atoms with van der Waals surface area (Å²) in [7, 11) is -0.316. The van der Waals surface area contributed by atoms with Crippen molar-refractivity contribution in [3.63, 3.8) is 0 Å². The summed E-state index contributed by atoms with van der Waals surface area (Å²) in [5, 5.41) is 0. The highest BCUT2D eigenvalue weighted by atomic mass is 32.2. The molecule has 1 aromatic carbocycles. The Bertz CT molecular complexity index is 681. The maximum atomic E-state index is 12.4. The van der Waals surface area contributed by atoms with E-state index >= 15 is 0 Å². The third-order valence-corrected chi connectivity index (χ3v) is 6.49. The maximum Gasteiger partial charge on any atom is 0.223 e. The Morgan fingerprint density at radius 3 is 2.37 bits per heavy atom. The van der Waals surface area contributed by atoms with E-state index < -0.39 is 9.84 Å². The number of hydrogen-bond acceptors (Lipinski definition) is 6. The van der Waals surface area contributed by atoms with Gasteiger partial charge in [0.2, 0.25) is 5.91 Å². The van der Waals surface area contributed by atoms with Gasteiger partial charge in [-0.3, -0.25) is 4.79 Å². The van der Waals surface area contributed by atoms with E-state index in [1.54, 1.807) is 24.1 Å². The number of nitrogens with zero attached hydrogens (tertiary/aromatic N) is 1. The van der Waals surface area contributed by atoms with Crippen molar-refractivity contribution in [1.29, 1.82) is 0 Å². The number of hydrogen-bond donors (Lipinski definition) is 0. The van der Waals surface area contributed by atoms with Crippen LogP contribution in [0.2, 0.25) is 0 Å². The molecule has 152 valence electrons. The van der Waals surface area contributed by atoms with Crippen molar-refractivity contribution in [3.05, 3.63) is 24.3 Å². The molecule has 27 heavy (non-hydrogen) atoms. The number of carbonyl (C=O) groups is 1. The van der Waals surface area contributed by atoms with Crippen molar-refractivity contribution in [2.45, 2.75) is 24.2 Å². The number of carbonyl (C=O) groups excluding carboxylic acids is 1. The van der Waals surface area contributed by atoms with Crippen LogP contribution in [0.4, 0.5) is 0 Å². The molecule has 0 aliphatic carbocycles. The monoisotopic (exact) mass is 399 g/mol. The summed E-state index contributed by atoms with van der Waals surface area (Å²) in [6.45, 7) is 3.15. The molecule has 0 atom stereocenters. The van der Waals surface area contributed by atoms with E-state index in [-0.39, 0.29) is 23.0 Å². The Morgan fingerprint density at radius 1 is 1.11 bits per heavy atom. The Hall–Kier alpha value is -1.64. The fourth-order valence-electron chi connectivity index (χ4n) is 3.02. The molecule has 0 spiro atoms. The van der Waals surface area contributed by atoms with Gasteiger partial charge in [0, 0.05) is 33.2 Å². The number of amides is 1. The van der Waals surface area contributed by atoms with Crippen LogP contribution in [-0.2, 0) is 24.1 Å². The molecule has 1 saturated heterocycles. The SMILES string of the molecule is COCCOCC1CCN(C(=O)CCS(=O)(=O)c2ccc(OC)cc2)CC1. The number of likely N-dealkylation sites (tertiary alicyclic amines) is 1. The van der Waals surface area contributed by atoms with Crippen LogP contribution in [0.1, 0.15) is 19.3 Å². The zero-order chi connectivity index (χ0) is 19.7. The molecule has 1 aromatic rings.